The van der Waals surface area contributed by atoms with Crippen LogP contribution in [0.1, 0.15) is 17.1 Å². The highest BCUT2D eigenvalue weighted by atomic mass is 35.5. The van der Waals surface area contributed by atoms with Gasteiger partial charge in [0, 0.05) is 6.07 Å². The van der Waals surface area contributed by atoms with Crippen LogP contribution in [0.2, 0.25) is 5.28 Å². The van der Waals surface area contributed by atoms with Crippen molar-refractivity contribution < 1.29 is 9.45 Å². The second-order valence-electron chi connectivity index (χ2n) is 3.82. The van der Waals surface area contributed by atoms with E-state index in [0.29, 0.717) is 5.76 Å². The van der Waals surface area contributed by atoms with E-state index >= 15 is 0 Å². The molecule has 0 bridgehead atoms. The van der Waals surface area contributed by atoms with Gasteiger partial charge in [0.15, 0.2) is 5.76 Å². The topological polar surface area (TPSA) is 107 Å². The molecule has 0 aliphatic carbocycles. The molecule has 0 aromatic carbocycles. The Morgan fingerprint density at radius 2 is 2.21 bits per heavy atom. The fourth-order valence-electron chi connectivity index (χ4n) is 1.55. The molecule has 0 aliphatic heterocycles. The first-order chi connectivity index (χ1) is 8.97. The number of hydrogen-bond acceptors (Lipinski definition) is 7. The molecular formula is C10H10ClN5O3. The summed E-state index contributed by atoms with van der Waals surface area (Å²) >= 11 is 5.69. The van der Waals surface area contributed by atoms with E-state index in [1.807, 2.05) is 0 Å². The summed E-state index contributed by atoms with van der Waals surface area (Å²) in [7, 11) is 0. The van der Waals surface area contributed by atoms with Crippen molar-refractivity contribution in [2.75, 3.05) is 5.32 Å². The summed E-state index contributed by atoms with van der Waals surface area (Å²) in [6.45, 7) is 3.49. The molecule has 9 heteroatoms. The third-order valence-corrected chi connectivity index (χ3v) is 2.49. The van der Waals surface area contributed by atoms with Gasteiger partial charge >= 0.3 is 5.69 Å². The van der Waals surface area contributed by atoms with E-state index in [-0.39, 0.29) is 29.0 Å². The summed E-state index contributed by atoms with van der Waals surface area (Å²) in [5, 5.41) is 17.4. The number of aryl methyl sites for hydroxylation is 2. The normalized spacial score (nSPS) is 10.5. The van der Waals surface area contributed by atoms with Gasteiger partial charge in [0.2, 0.25) is 11.1 Å². The van der Waals surface area contributed by atoms with E-state index in [1.54, 1.807) is 13.0 Å². The summed E-state index contributed by atoms with van der Waals surface area (Å²) in [5.74, 6) is 0.593. The maximum absolute atomic E-state index is 11.0. The van der Waals surface area contributed by atoms with Gasteiger partial charge in [-0.3, -0.25) is 10.1 Å². The molecular weight excluding hydrogens is 274 g/mol. The van der Waals surface area contributed by atoms with Crippen LogP contribution in [-0.2, 0) is 6.54 Å². The number of halogens is 1. The van der Waals surface area contributed by atoms with Crippen molar-refractivity contribution in [2.24, 2.45) is 0 Å². The number of rotatable bonds is 4. The highest BCUT2D eigenvalue weighted by Crippen LogP contribution is 2.26. The highest BCUT2D eigenvalue weighted by Gasteiger charge is 2.21. The fraction of sp³-hybridized carbons (Fsp3) is 0.300. The summed E-state index contributed by atoms with van der Waals surface area (Å²) < 4.78 is 4.99. The van der Waals surface area contributed by atoms with E-state index in [2.05, 4.69) is 20.4 Å². The molecule has 19 heavy (non-hydrogen) atoms. The molecule has 0 radical (unpaired) electrons. The van der Waals surface area contributed by atoms with Gasteiger partial charge in [-0.05, 0) is 25.4 Å². The third-order valence-electron chi connectivity index (χ3n) is 2.32. The van der Waals surface area contributed by atoms with Gasteiger partial charge < -0.3 is 9.84 Å². The van der Waals surface area contributed by atoms with E-state index in [4.69, 9.17) is 16.1 Å². The quantitative estimate of drug-likeness (QED) is 0.521. The number of nitro groups is 1. The zero-order valence-electron chi connectivity index (χ0n) is 10.2. The van der Waals surface area contributed by atoms with Crippen molar-refractivity contribution in [3.63, 3.8) is 0 Å². The predicted molar refractivity (Wildman–Crippen MR) is 67.0 cm³/mol. The molecule has 2 aromatic heterocycles. The summed E-state index contributed by atoms with van der Waals surface area (Å²) in [6, 6.07) is 1.72. The van der Waals surface area contributed by atoms with Crippen LogP contribution in [-0.4, -0.2) is 20.0 Å². The molecule has 0 spiro atoms. The van der Waals surface area contributed by atoms with Crippen molar-refractivity contribution in [2.45, 2.75) is 20.4 Å². The number of nitrogens with one attached hydrogen (secondary N) is 1. The predicted octanol–water partition coefficient (Wildman–Crippen LogP) is 2.26. The Balaban J connectivity index is 2.26. The standard InChI is InChI=1S/C10H10ClN5O3/c1-5-3-7(19-15-5)4-12-9-8(16(17)18)6(2)13-10(11)14-9/h3H,4H2,1-2H3,(H,12,13,14). The van der Waals surface area contributed by atoms with Crippen LogP contribution in [0.5, 0.6) is 0 Å². The number of anilines is 1. The number of nitrogens with zero attached hydrogens (tertiary/aromatic N) is 4. The van der Waals surface area contributed by atoms with Gasteiger partial charge in [-0.1, -0.05) is 5.16 Å². The molecule has 100 valence electrons. The lowest BCUT2D eigenvalue weighted by atomic mass is 10.3. The molecule has 1 N–H and O–H groups in total. The first-order valence-corrected chi connectivity index (χ1v) is 5.69. The van der Waals surface area contributed by atoms with Gasteiger partial charge in [0.05, 0.1) is 17.2 Å². The lowest BCUT2D eigenvalue weighted by molar-refractivity contribution is -0.385. The van der Waals surface area contributed by atoms with Gasteiger partial charge in [-0.2, -0.15) is 4.98 Å². The van der Waals surface area contributed by atoms with Gasteiger partial charge in [0.1, 0.15) is 5.69 Å². The maximum atomic E-state index is 11.0. The lowest BCUT2D eigenvalue weighted by Gasteiger charge is -2.05. The Hall–Kier alpha value is -2.22. The zero-order valence-corrected chi connectivity index (χ0v) is 10.9. The lowest BCUT2D eigenvalue weighted by Crippen LogP contribution is -2.07. The molecule has 2 heterocycles. The number of hydrogen-bond donors (Lipinski definition) is 1. The van der Waals surface area contributed by atoms with Crippen LogP contribution >= 0.6 is 11.6 Å². The van der Waals surface area contributed by atoms with E-state index in [1.165, 1.54) is 6.92 Å². The van der Waals surface area contributed by atoms with Crippen LogP contribution in [0.25, 0.3) is 0 Å². The molecule has 2 rings (SSSR count). The minimum atomic E-state index is -0.556. The average Bonchev–Trinajstić information content (AvgIpc) is 2.71. The van der Waals surface area contributed by atoms with Crippen molar-refractivity contribution in [3.8, 4) is 0 Å². The van der Waals surface area contributed by atoms with Crippen LogP contribution in [0.15, 0.2) is 10.6 Å². The Labute approximate surface area is 112 Å². The molecule has 0 saturated heterocycles. The van der Waals surface area contributed by atoms with Gasteiger partial charge in [-0.15, -0.1) is 0 Å². The van der Waals surface area contributed by atoms with Crippen molar-refractivity contribution in [3.05, 3.63) is 38.6 Å². The zero-order chi connectivity index (χ0) is 14.0. The average molecular weight is 284 g/mol. The minimum Gasteiger partial charge on any atom is -0.359 e. The van der Waals surface area contributed by atoms with E-state index in [9.17, 15) is 10.1 Å². The smallest absolute Gasteiger partial charge is 0.332 e. The Morgan fingerprint density at radius 3 is 2.79 bits per heavy atom. The summed E-state index contributed by atoms with van der Waals surface area (Å²) in [6.07, 6.45) is 0. The Bertz CT molecular complexity index is 628. The third kappa shape index (κ3) is 2.97. The van der Waals surface area contributed by atoms with Crippen molar-refractivity contribution >= 4 is 23.1 Å². The largest absolute Gasteiger partial charge is 0.359 e. The molecule has 8 nitrogen and oxygen atoms in total. The van der Waals surface area contributed by atoms with Crippen LogP contribution in [0, 0.1) is 24.0 Å². The second-order valence-corrected chi connectivity index (χ2v) is 4.16. The second kappa shape index (κ2) is 5.19. The van der Waals surface area contributed by atoms with Crippen molar-refractivity contribution in [1.29, 1.82) is 0 Å². The van der Waals surface area contributed by atoms with Gasteiger partial charge in [0.25, 0.3) is 0 Å². The van der Waals surface area contributed by atoms with E-state index < -0.39 is 4.92 Å². The molecule has 0 amide bonds. The van der Waals surface area contributed by atoms with Crippen LogP contribution in [0.3, 0.4) is 0 Å². The minimum absolute atomic E-state index is 0.0524. The number of aromatic nitrogens is 3. The molecule has 0 fully saturated rings. The van der Waals surface area contributed by atoms with Crippen LogP contribution < -0.4 is 5.32 Å². The Morgan fingerprint density at radius 1 is 1.47 bits per heavy atom. The first-order valence-electron chi connectivity index (χ1n) is 5.32. The van der Waals surface area contributed by atoms with Crippen LogP contribution in [0.4, 0.5) is 11.5 Å². The Kier molecular flexibility index (Phi) is 3.61. The van der Waals surface area contributed by atoms with Gasteiger partial charge in [-0.25, -0.2) is 4.98 Å². The fourth-order valence-corrected chi connectivity index (χ4v) is 1.76. The molecule has 2 aromatic rings. The van der Waals surface area contributed by atoms with Crippen molar-refractivity contribution in [1.82, 2.24) is 15.1 Å². The molecule has 0 atom stereocenters. The molecule has 0 saturated carbocycles. The summed E-state index contributed by atoms with van der Waals surface area (Å²) in [5.41, 5.74) is 0.713. The molecule has 0 aliphatic rings. The monoisotopic (exact) mass is 283 g/mol. The summed E-state index contributed by atoms with van der Waals surface area (Å²) in [4.78, 5) is 18.0. The first kappa shape index (κ1) is 13.2. The maximum Gasteiger partial charge on any atom is 0.332 e. The van der Waals surface area contributed by atoms with E-state index in [0.717, 1.165) is 5.69 Å². The highest BCUT2D eigenvalue weighted by molar-refractivity contribution is 6.28. The molecule has 0 unspecified atom stereocenters. The SMILES string of the molecule is Cc1cc(CNc2nc(Cl)nc(C)c2[N+](=O)[O-])on1.